The molecule has 0 bridgehead atoms. The molecule has 4 heterocycles. The van der Waals surface area contributed by atoms with Crippen molar-refractivity contribution in [2.24, 2.45) is 0 Å². The number of carbonyl (C=O) groups is 1. The number of aromatic nitrogens is 3. The van der Waals surface area contributed by atoms with Crippen molar-refractivity contribution in [1.82, 2.24) is 25.1 Å². The van der Waals surface area contributed by atoms with Crippen molar-refractivity contribution in [3.63, 3.8) is 0 Å². The molecule has 1 fully saturated rings. The van der Waals surface area contributed by atoms with E-state index in [1.165, 1.54) is 0 Å². The molecule has 3 N–H and O–H groups in total. The van der Waals surface area contributed by atoms with Crippen molar-refractivity contribution in [1.29, 1.82) is 0 Å². The Balaban J connectivity index is 1.42. The van der Waals surface area contributed by atoms with E-state index in [0.29, 0.717) is 50.2 Å². The molecule has 2 amide bonds. The number of nitrogens with one attached hydrogen (secondary N) is 3. The summed E-state index contributed by atoms with van der Waals surface area (Å²) in [6, 6.07) is 11.0. The van der Waals surface area contributed by atoms with E-state index in [0.717, 1.165) is 28.1 Å². The van der Waals surface area contributed by atoms with E-state index in [1.54, 1.807) is 23.1 Å². The lowest BCUT2D eigenvalue weighted by Crippen LogP contribution is -2.45. The highest BCUT2D eigenvalue weighted by atomic mass is 16.7. The summed E-state index contributed by atoms with van der Waals surface area (Å²) < 4.78 is 12.6. The fraction of sp³-hybridized carbons (Fsp3) is 0.345. The first-order valence-electron chi connectivity index (χ1n) is 13.3. The summed E-state index contributed by atoms with van der Waals surface area (Å²) in [5.41, 5.74) is 4.73. The largest absolute Gasteiger partial charge is 0.474 e. The van der Waals surface area contributed by atoms with Gasteiger partial charge in [0.25, 0.3) is 0 Å². The average molecular weight is 546 g/mol. The first kappa shape index (κ1) is 27.4. The van der Waals surface area contributed by atoms with E-state index in [-0.39, 0.29) is 12.1 Å². The molecule has 2 aliphatic heterocycles. The number of fused-ring (bicyclic) bond motifs is 1. The molecule has 2 atom stereocenters. The number of hydrogen-bond acceptors (Lipinski definition) is 8. The molecule has 11 heteroatoms. The highest BCUT2D eigenvalue weighted by Gasteiger charge is 2.36. The number of benzene rings is 1. The highest BCUT2D eigenvalue weighted by molar-refractivity contribution is 5.91. The lowest BCUT2D eigenvalue weighted by molar-refractivity contribution is -0.141. The Labute approximate surface area is 233 Å². The molecule has 0 spiro atoms. The second-order valence-electron chi connectivity index (χ2n) is 9.61. The van der Waals surface area contributed by atoms with Crippen LogP contribution in [0.3, 0.4) is 0 Å². The first-order chi connectivity index (χ1) is 19.5. The van der Waals surface area contributed by atoms with Gasteiger partial charge in [-0.1, -0.05) is 36.9 Å². The number of methoxy groups -OCH3 is 1. The second kappa shape index (κ2) is 12.3. The Kier molecular flexibility index (Phi) is 8.44. The average Bonchev–Trinajstić information content (AvgIpc) is 3.52. The number of nitrogens with zero attached hydrogens (tertiary/aromatic N) is 4. The van der Waals surface area contributed by atoms with Gasteiger partial charge >= 0.3 is 6.03 Å². The maximum absolute atomic E-state index is 13.4. The number of urea groups is 1. The fourth-order valence-electron chi connectivity index (χ4n) is 4.83. The summed E-state index contributed by atoms with van der Waals surface area (Å²) in [6.45, 7) is 10.9. The van der Waals surface area contributed by atoms with Crippen LogP contribution in [-0.4, -0.2) is 78.0 Å². The van der Waals surface area contributed by atoms with E-state index in [1.807, 2.05) is 62.4 Å². The summed E-state index contributed by atoms with van der Waals surface area (Å²) in [5.74, 6) is 1.12. The first-order valence-corrected chi connectivity index (χ1v) is 13.3. The normalized spacial score (nSPS) is 18.7. The van der Waals surface area contributed by atoms with Crippen LogP contribution < -0.4 is 20.7 Å². The van der Waals surface area contributed by atoms with Crippen LogP contribution in [0, 0.1) is 6.92 Å². The summed E-state index contributed by atoms with van der Waals surface area (Å²) in [4.78, 5) is 24.0. The minimum Gasteiger partial charge on any atom is -0.474 e. The Morgan fingerprint density at radius 1 is 1.32 bits per heavy atom. The van der Waals surface area contributed by atoms with E-state index < -0.39 is 6.10 Å². The fourth-order valence-corrected chi connectivity index (χ4v) is 4.83. The minimum atomic E-state index is -0.397. The third-order valence-electron chi connectivity index (χ3n) is 6.77. The summed E-state index contributed by atoms with van der Waals surface area (Å²) in [6.07, 6.45) is 5.14. The third-order valence-corrected chi connectivity index (χ3v) is 6.77. The van der Waals surface area contributed by atoms with E-state index in [4.69, 9.17) is 19.4 Å². The van der Waals surface area contributed by atoms with Crippen LogP contribution in [0.2, 0.25) is 0 Å². The summed E-state index contributed by atoms with van der Waals surface area (Å²) >= 11 is 0. The van der Waals surface area contributed by atoms with Gasteiger partial charge in [0.05, 0.1) is 29.7 Å². The Bertz CT molecular complexity index is 1390. The quantitative estimate of drug-likeness (QED) is 0.347. The second-order valence-corrected chi connectivity index (χ2v) is 9.61. The van der Waals surface area contributed by atoms with Crippen molar-refractivity contribution in [2.45, 2.75) is 26.0 Å². The topological polar surface area (TPSA) is 115 Å². The molecule has 0 radical (unpaired) electrons. The number of ether oxygens (including phenoxy) is 2. The molecule has 0 unspecified atom stereocenters. The number of hydroxylamine groups is 2. The molecule has 1 saturated heterocycles. The number of hydrogen-bond donors (Lipinski definition) is 3. The number of rotatable bonds is 9. The zero-order valence-electron chi connectivity index (χ0n) is 23.0. The van der Waals surface area contributed by atoms with Crippen LogP contribution in [0.5, 0.6) is 5.88 Å². The van der Waals surface area contributed by atoms with Gasteiger partial charge < -0.3 is 20.1 Å². The van der Waals surface area contributed by atoms with Gasteiger partial charge in [0.15, 0.2) is 0 Å². The van der Waals surface area contributed by atoms with Crippen molar-refractivity contribution in [3.05, 3.63) is 72.5 Å². The van der Waals surface area contributed by atoms with Crippen LogP contribution in [0.1, 0.15) is 12.5 Å². The van der Waals surface area contributed by atoms with Gasteiger partial charge in [-0.05, 0) is 37.6 Å². The highest BCUT2D eigenvalue weighted by Crippen LogP contribution is 2.34. The van der Waals surface area contributed by atoms with Gasteiger partial charge in [0, 0.05) is 44.1 Å². The molecule has 0 aliphatic carbocycles. The molecule has 0 saturated carbocycles. The molecule has 2 aromatic heterocycles. The number of pyridine rings is 1. The minimum absolute atomic E-state index is 0.315. The monoisotopic (exact) mass is 545 g/mol. The molecule has 210 valence electrons. The molecule has 3 aromatic rings. The zero-order chi connectivity index (χ0) is 28.1. The number of amides is 2. The van der Waals surface area contributed by atoms with Gasteiger partial charge in [-0.15, -0.1) is 0 Å². The Morgan fingerprint density at radius 2 is 2.15 bits per heavy atom. The van der Waals surface area contributed by atoms with Crippen molar-refractivity contribution >= 4 is 17.5 Å². The molecular formula is C29H35N7O4. The zero-order valence-corrected chi connectivity index (χ0v) is 23.0. The maximum atomic E-state index is 13.4. The van der Waals surface area contributed by atoms with Crippen LogP contribution >= 0.6 is 0 Å². The molecular weight excluding hydrogens is 510 g/mol. The molecule has 40 heavy (non-hydrogen) atoms. The number of para-hydroxylation sites is 1. The predicted octanol–water partition coefficient (Wildman–Crippen LogP) is 3.93. The Hall–Kier alpha value is -4.19. The standard InChI is InChI=1S/C29H35N7O4/c1-5-9-19(2)26-24(18-35(40-26)13-15-38-4)32-29(37)33-27-20(3)25(34-36(27)22-10-7-6-8-11-22)21-16-23-28(31-17-21)39-14-12-30-23/h5-11,16-17,24,26,30H,2,12-15,18H2,1,3-4H3,(H2,32,33,37)/b9-5-/t24-,26+/m1/s1. The van der Waals surface area contributed by atoms with E-state index in [9.17, 15) is 4.79 Å². The van der Waals surface area contributed by atoms with Crippen LogP contribution in [-0.2, 0) is 9.57 Å². The maximum Gasteiger partial charge on any atom is 0.320 e. The van der Waals surface area contributed by atoms with Gasteiger partial charge in [0.2, 0.25) is 5.88 Å². The number of allylic oxidation sites excluding steroid dienone is 1. The molecule has 5 rings (SSSR count). The third kappa shape index (κ3) is 5.86. The van der Waals surface area contributed by atoms with Crippen LogP contribution in [0.4, 0.5) is 16.3 Å². The van der Waals surface area contributed by atoms with E-state index >= 15 is 0 Å². The lowest BCUT2D eigenvalue weighted by Gasteiger charge is -2.19. The van der Waals surface area contributed by atoms with Crippen LogP contribution in [0.25, 0.3) is 16.9 Å². The van der Waals surface area contributed by atoms with Crippen molar-refractivity contribution < 1.29 is 19.1 Å². The van der Waals surface area contributed by atoms with E-state index in [2.05, 4.69) is 27.5 Å². The smallest absolute Gasteiger partial charge is 0.320 e. The van der Waals surface area contributed by atoms with Crippen LogP contribution in [0.15, 0.2) is 66.9 Å². The summed E-state index contributed by atoms with van der Waals surface area (Å²) in [7, 11) is 1.65. The van der Waals surface area contributed by atoms with Crippen molar-refractivity contribution in [2.75, 3.05) is 50.6 Å². The van der Waals surface area contributed by atoms with Gasteiger partial charge in [-0.3, -0.25) is 10.2 Å². The number of anilines is 2. The summed E-state index contributed by atoms with van der Waals surface area (Å²) in [5, 5.41) is 16.1. The molecule has 1 aromatic carbocycles. The molecule has 2 aliphatic rings. The SMILES string of the molecule is C=C(/C=C\C)[C@@H]1ON(CCOC)C[C@H]1NC(=O)Nc1c(C)c(-c2cnc3c(c2)NCCO3)nn1-c1ccccc1. The van der Waals surface area contributed by atoms with Gasteiger partial charge in [0.1, 0.15) is 18.5 Å². The van der Waals surface area contributed by atoms with Gasteiger partial charge in [-0.2, -0.15) is 10.2 Å². The lowest BCUT2D eigenvalue weighted by atomic mass is 10.0. The van der Waals surface area contributed by atoms with Gasteiger partial charge in [-0.25, -0.2) is 14.5 Å². The number of carbonyl (C=O) groups excluding carboxylic acids is 1. The van der Waals surface area contributed by atoms with Crippen molar-refractivity contribution in [3.8, 4) is 22.8 Å². The Morgan fingerprint density at radius 3 is 2.92 bits per heavy atom. The predicted molar refractivity (Wildman–Crippen MR) is 154 cm³/mol. The molecule has 11 nitrogen and oxygen atoms in total.